The zero-order chi connectivity index (χ0) is 18.0. The Morgan fingerprint density at radius 1 is 1.24 bits per heavy atom. The van der Waals surface area contributed by atoms with Crippen LogP contribution in [-0.2, 0) is 9.59 Å². The molecule has 1 aliphatic rings. The van der Waals surface area contributed by atoms with Crippen LogP contribution >= 0.6 is 11.6 Å². The predicted octanol–water partition coefficient (Wildman–Crippen LogP) is 3.88. The summed E-state index contributed by atoms with van der Waals surface area (Å²) in [5.41, 5.74) is 2.77. The summed E-state index contributed by atoms with van der Waals surface area (Å²) in [6.07, 6.45) is 0.512. The highest BCUT2D eigenvalue weighted by Gasteiger charge is 2.38. The van der Waals surface area contributed by atoms with Crippen LogP contribution in [0.5, 0.6) is 0 Å². The van der Waals surface area contributed by atoms with Crippen LogP contribution in [0.1, 0.15) is 30.5 Å². The molecule has 1 saturated heterocycles. The van der Waals surface area contributed by atoms with Crippen LogP contribution in [0.2, 0.25) is 5.02 Å². The second-order valence-electron chi connectivity index (χ2n) is 6.40. The molecule has 0 radical (unpaired) electrons. The summed E-state index contributed by atoms with van der Waals surface area (Å²) in [6, 6.07) is 15.0. The van der Waals surface area contributed by atoms with Crippen LogP contribution in [0.4, 0.5) is 5.69 Å². The lowest BCUT2D eigenvalue weighted by molar-refractivity contribution is -0.132. The lowest BCUT2D eigenvalue weighted by Crippen LogP contribution is -2.38. The van der Waals surface area contributed by atoms with Gasteiger partial charge in [0.2, 0.25) is 11.8 Å². The van der Waals surface area contributed by atoms with Crippen LogP contribution in [-0.4, -0.2) is 18.4 Å². The van der Waals surface area contributed by atoms with Gasteiger partial charge in [-0.25, -0.2) is 0 Å². The number of anilines is 1. The lowest BCUT2D eigenvalue weighted by Gasteiger charge is -2.20. The van der Waals surface area contributed by atoms with Crippen molar-refractivity contribution < 1.29 is 9.59 Å². The standard InChI is InChI=1S/C20H21ClN2O2/c1-13-8-9-16(21)12-18(13)23-11-10-17(20(23)25)19(24)22-14(2)15-6-4-3-5-7-15/h3-9,12,14,17H,10-11H2,1-2H3,(H,22,24). The number of hydrogen-bond acceptors (Lipinski definition) is 2. The molecule has 1 heterocycles. The van der Waals surface area contributed by atoms with E-state index in [9.17, 15) is 9.59 Å². The van der Waals surface area contributed by atoms with Crippen LogP contribution < -0.4 is 10.2 Å². The maximum atomic E-state index is 12.8. The first kappa shape index (κ1) is 17.5. The van der Waals surface area contributed by atoms with Crippen LogP contribution in [0.15, 0.2) is 48.5 Å². The molecule has 0 saturated carbocycles. The fourth-order valence-corrected chi connectivity index (χ4v) is 3.34. The Bertz CT molecular complexity index is 792. The second-order valence-corrected chi connectivity index (χ2v) is 6.84. The van der Waals surface area contributed by atoms with Crippen molar-refractivity contribution in [3.05, 3.63) is 64.7 Å². The average Bonchev–Trinajstić information content (AvgIpc) is 2.99. The first-order valence-electron chi connectivity index (χ1n) is 8.40. The third-order valence-corrected chi connectivity index (χ3v) is 4.88. The highest BCUT2D eigenvalue weighted by Crippen LogP contribution is 2.30. The van der Waals surface area contributed by atoms with E-state index < -0.39 is 5.92 Å². The Labute approximate surface area is 152 Å². The molecule has 2 unspecified atom stereocenters. The Balaban J connectivity index is 1.71. The summed E-state index contributed by atoms with van der Waals surface area (Å²) in [5, 5.41) is 3.54. The van der Waals surface area contributed by atoms with Gasteiger partial charge in [-0.05, 0) is 43.5 Å². The van der Waals surface area contributed by atoms with E-state index in [0.29, 0.717) is 18.0 Å². The van der Waals surface area contributed by atoms with Crippen LogP contribution in [0, 0.1) is 12.8 Å². The summed E-state index contributed by atoms with van der Waals surface area (Å²) in [5.74, 6) is -1.03. The van der Waals surface area contributed by atoms with Crippen molar-refractivity contribution in [3.8, 4) is 0 Å². The maximum absolute atomic E-state index is 12.8. The highest BCUT2D eigenvalue weighted by molar-refractivity contribution is 6.31. The molecule has 0 spiro atoms. The van der Waals surface area contributed by atoms with Crippen molar-refractivity contribution >= 4 is 29.1 Å². The molecule has 5 heteroatoms. The number of halogens is 1. The van der Waals surface area contributed by atoms with Gasteiger partial charge in [0, 0.05) is 17.3 Å². The molecule has 4 nitrogen and oxygen atoms in total. The number of nitrogens with zero attached hydrogens (tertiary/aromatic N) is 1. The average molecular weight is 357 g/mol. The minimum absolute atomic E-state index is 0.136. The Kier molecular flexibility index (Phi) is 5.09. The van der Waals surface area contributed by atoms with Gasteiger partial charge >= 0.3 is 0 Å². The number of carbonyl (C=O) groups excluding carboxylic acids is 2. The van der Waals surface area contributed by atoms with Gasteiger partial charge in [-0.2, -0.15) is 0 Å². The third kappa shape index (κ3) is 3.69. The number of hydrogen-bond donors (Lipinski definition) is 1. The van der Waals surface area contributed by atoms with Gasteiger partial charge in [-0.1, -0.05) is 48.0 Å². The Morgan fingerprint density at radius 3 is 2.68 bits per heavy atom. The molecule has 2 aromatic rings. The molecule has 2 aromatic carbocycles. The minimum atomic E-state index is -0.649. The number of aryl methyl sites for hydroxylation is 1. The van der Waals surface area contributed by atoms with Crippen molar-refractivity contribution in [3.63, 3.8) is 0 Å². The van der Waals surface area contributed by atoms with Gasteiger partial charge in [0.15, 0.2) is 0 Å². The van der Waals surface area contributed by atoms with E-state index in [-0.39, 0.29) is 17.9 Å². The molecule has 1 fully saturated rings. The first-order valence-corrected chi connectivity index (χ1v) is 8.78. The number of rotatable bonds is 4. The molecule has 130 valence electrons. The summed E-state index contributed by atoms with van der Waals surface area (Å²) < 4.78 is 0. The van der Waals surface area contributed by atoms with E-state index in [4.69, 9.17) is 11.6 Å². The van der Waals surface area contributed by atoms with Crippen LogP contribution in [0.3, 0.4) is 0 Å². The molecule has 2 amide bonds. The number of amides is 2. The van der Waals surface area contributed by atoms with Crippen molar-refractivity contribution in [1.82, 2.24) is 5.32 Å². The monoisotopic (exact) mass is 356 g/mol. The summed E-state index contributed by atoms with van der Waals surface area (Å²) in [7, 11) is 0. The van der Waals surface area contributed by atoms with Gasteiger partial charge in [-0.3, -0.25) is 9.59 Å². The second kappa shape index (κ2) is 7.28. The zero-order valence-electron chi connectivity index (χ0n) is 14.3. The Hall–Kier alpha value is -2.33. The largest absolute Gasteiger partial charge is 0.349 e. The van der Waals surface area contributed by atoms with E-state index in [1.807, 2.05) is 50.2 Å². The van der Waals surface area contributed by atoms with Crippen molar-refractivity contribution in [2.75, 3.05) is 11.4 Å². The van der Waals surface area contributed by atoms with Crippen molar-refractivity contribution in [2.24, 2.45) is 5.92 Å². The molecular weight excluding hydrogens is 336 g/mol. The molecule has 1 aliphatic heterocycles. The van der Waals surface area contributed by atoms with Crippen LogP contribution in [0.25, 0.3) is 0 Å². The molecule has 0 aliphatic carbocycles. The van der Waals surface area contributed by atoms with E-state index in [1.165, 1.54) is 0 Å². The number of nitrogens with one attached hydrogen (secondary N) is 1. The van der Waals surface area contributed by atoms with E-state index in [2.05, 4.69) is 5.32 Å². The topological polar surface area (TPSA) is 49.4 Å². The quantitative estimate of drug-likeness (QED) is 0.845. The molecule has 25 heavy (non-hydrogen) atoms. The van der Waals surface area contributed by atoms with Gasteiger partial charge < -0.3 is 10.2 Å². The van der Waals surface area contributed by atoms with E-state index >= 15 is 0 Å². The first-order chi connectivity index (χ1) is 12.0. The SMILES string of the molecule is Cc1ccc(Cl)cc1N1CCC(C(=O)NC(C)c2ccccc2)C1=O. The summed E-state index contributed by atoms with van der Waals surface area (Å²) in [6.45, 7) is 4.38. The smallest absolute Gasteiger partial charge is 0.239 e. The molecule has 2 atom stereocenters. The zero-order valence-corrected chi connectivity index (χ0v) is 15.1. The van der Waals surface area contributed by atoms with E-state index in [0.717, 1.165) is 16.8 Å². The molecule has 0 bridgehead atoms. The molecule has 0 aromatic heterocycles. The van der Waals surface area contributed by atoms with Gasteiger partial charge in [0.25, 0.3) is 0 Å². The molecule has 1 N–H and O–H groups in total. The number of benzene rings is 2. The lowest BCUT2D eigenvalue weighted by atomic mass is 10.0. The maximum Gasteiger partial charge on any atom is 0.239 e. The fraction of sp³-hybridized carbons (Fsp3) is 0.300. The summed E-state index contributed by atoms with van der Waals surface area (Å²) in [4.78, 5) is 27.0. The Morgan fingerprint density at radius 2 is 1.96 bits per heavy atom. The predicted molar refractivity (Wildman–Crippen MR) is 99.6 cm³/mol. The van der Waals surface area contributed by atoms with Crippen molar-refractivity contribution in [1.29, 1.82) is 0 Å². The highest BCUT2D eigenvalue weighted by atomic mass is 35.5. The number of carbonyl (C=O) groups is 2. The van der Waals surface area contributed by atoms with E-state index in [1.54, 1.807) is 17.0 Å². The normalized spacial score (nSPS) is 18.3. The fourth-order valence-electron chi connectivity index (χ4n) is 3.17. The van der Waals surface area contributed by atoms with Gasteiger partial charge in [0.05, 0.1) is 6.04 Å². The third-order valence-electron chi connectivity index (χ3n) is 4.64. The molecule has 3 rings (SSSR count). The minimum Gasteiger partial charge on any atom is -0.349 e. The van der Waals surface area contributed by atoms with Gasteiger partial charge in [0.1, 0.15) is 5.92 Å². The molecular formula is C20H21ClN2O2. The van der Waals surface area contributed by atoms with Gasteiger partial charge in [-0.15, -0.1) is 0 Å². The summed E-state index contributed by atoms with van der Waals surface area (Å²) >= 11 is 6.06. The van der Waals surface area contributed by atoms with Crippen molar-refractivity contribution in [2.45, 2.75) is 26.3 Å².